The van der Waals surface area contributed by atoms with E-state index in [1.54, 1.807) is 36.3 Å². The number of ether oxygens (including phenoxy) is 2. The largest absolute Gasteiger partial charge is 0.494 e. The van der Waals surface area contributed by atoms with Crippen LogP contribution in [0.1, 0.15) is 21.5 Å². The summed E-state index contributed by atoms with van der Waals surface area (Å²) in [4.78, 5) is 22.3. The van der Waals surface area contributed by atoms with E-state index in [4.69, 9.17) is 19.7 Å². The van der Waals surface area contributed by atoms with Gasteiger partial charge in [-0.3, -0.25) is 14.6 Å². The van der Waals surface area contributed by atoms with E-state index in [0.717, 1.165) is 35.4 Å². The number of amides is 1. The second-order valence-electron chi connectivity index (χ2n) is 7.36. The SMILES string of the molecule is COc1ccc(C)c2sc(N(CCN3CCOCC3)C(=O)c3ccc(C#N)cc3)nc12.Cl. The number of carbonyl (C=O) groups excluding carboxylic acids is 1. The van der Waals surface area contributed by atoms with Crippen LogP contribution >= 0.6 is 23.7 Å². The average molecular weight is 473 g/mol. The highest BCUT2D eigenvalue weighted by Crippen LogP contribution is 2.36. The number of fused-ring (bicyclic) bond motifs is 1. The van der Waals surface area contributed by atoms with Gasteiger partial charge in [0.15, 0.2) is 5.13 Å². The summed E-state index contributed by atoms with van der Waals surface area (Å²) in [6.07, 6.45) is 0. The van der Waals surface area contributed by atoms with Gasteiger partial charge in [-0.2, -0.15) is 5.26 Å². The molecule has 2 heterocycles. The van der Waals surface area contributed by atoms with Gasteiger partial charge in [0.25, 0.3) is 5.91 Å². The number of halogens is 1. The second kappa shape index (κ2) is 10.7. The van der Waals surface area contributed by atoms with Gasteiger partial charge in [-0.25, -0.2) is 4.98 Å². The molecule has 9 heteroatoms. The van der Waals surface area contributed by atoms with Crippen LogP contribution in [0.15, 0.2) is 36.4 Å². The van der Waals surface area contributed by atoms with E-state index < -0.39 is 0 Å². The quantitative estimate of drug-likeness (QED) is 0.541. The summed E-state index contributed by atoms with van der Waals surface area (Å²) < 4.78 is 11.9. The minimum Gasteiger partial charge on any atom is -0.494 e. The Bertz CT molecular complexity index is 1120. The minimum absolute atomic E-state index is 0. The Morgan fingerprint density at radius 3 is 2.62 bits per heavy atom. The van der Waals surface area contributed by atoms with Gasteiger partial charge in [0, 0.05) is 31.7 Å². The van der Waals surface area contributed by atoms with Crippen LogP contribution in [-0.2, 0) is 4.74 Å². The number of methoxy groups -OCH3 is 1. The average Bonchev–Trinajstić information content (AvgIpc) is 3.26. The third kappa shape index (κ3) is 5.03. The Morgan fingerprint density at radius 2 is 1.97 bits per heavy atom. The predicted octanol–water partition coefficient (Wildman–Crippen LogP) is 3.89. The number of hydrogen-bond donors (Lipinski definition) is 0. The van der Waals surface area contributed by atoms with Crippen molar-refractivity contribution in [3.63, 3.8) is 0 Å². The van der Waals surface area contributed by atoms with Crippen LogP contribution in [0.3, 0.4) is 0 Å². The van der Waals surface area contributed by atoms with Gasteiger partial charge >= 0.3 is 0 Å². The first-order valence-corrected chi connectivity index (χ1v) is 11.0. The van der Waals surface area contributed by atoms with E-state index in [1.165, 1.54) is 11.3 Å². The number of nitrogens with zero attached hydrogens (tertiary/aromatic N) is 4. The van der Waals surface area contributed by atoms with Crippen LogP contribution in [0.5, 0.6) is 5.75 Å². The molecule has 0 radical (unpaired) electrons. The first kappa shape index (κ1) is 24.0. The lowest BCUT2D eigenvalue weighted by atomic mass is 10.1. The zero-order valence-electron chi connectivity index (χ0n) is 18.0. The molecule has 3 aromatic rings. The monoisotopic (exact) mass is 472 g/mol. The Morgan fingerprint density at radius 1 is 1.25 bits per heavy atom. The molecule has 0 N–H and O–H groups in total. The van der Waals surface area contributed by atoms with Gasteiger partial charge in [0.2, 0.25) is 0 Å². The maximum absolute atomic E-state index is 13.5. The van der Waals surface area contributed by atoms with Gasteiger partial charge < -0.3 is 9.47 Å². The van der Waals surface area contributed by atoms with Crippen molar-refractivity contribution >= 4 is 45.0 Å². The molecule has 0 unspecified atom stereocenters. The van der Waals surface area contributed by atoms with Crippen molar-refractivity contribution in [1.82, 2.24) is 9.88 Å². The fraction of sp³-hybridized carbons (Fsp3) is 0.348. The Balaban J connectivity index is 0.00000289. The standard InChI is InChI=1S/C23H24N4O3S.ClH/c1-16-3-8-19(29-2)20-21(16)31-23(25-20)27(10-9-26-11-13-30-14-12-26)22(28)18-6-4-17(15-24)5-7-18;/h3-8H,9-14H2,1-2H3;1H. The molecular weight excluding hydrogens is 448 g/mol. The lowest BCUT2D eigenvalue weighted by Gasteiger charge is -2.29. The van der Waals surface area contributed by atoms with E-state index in [0.29, 0.717) is 41.8 Å². The van der Waals surface area contributed by atoms with Crippen molar-refractivity contribution in [3.05, 3.63) is 53.1 Å². The summed E-state index contributed by atoms with van der Waals surface area (Å²) in [6, 6.07) is 12.7. The molecule has 1 aliphatic rings. The molecule has 0 spiro atoms. The minimum atomic E-state index is -0.131. The van der Waals surface area contributed by atoms with Crippen molar-refractivity contribution in [2.24, 2.45) is 0 Å². The third-order valence-electron chi connectivity index (χ3n) is 5.39. The van der Waals surface area contributed by atoms with Crippen molar-refractivity contribution in [3.8, 4) is 11.8 Å². The van der Waals surface area contributed by atoms with Crippen molar-refractivity contribution in [2.75, 3.05) is 51.4 Å². The van der Waals surface area contributed by atoms with Crippen molar-refractivity contribution in [2.45, 2.75) is 6.92 Å². The van der Waals surface area contributed by atoms with E-state index in [1.807, 2.05) is 19.1 Å². The molecule has 1 amide bonds. The lowest BCUT2D eigenvalue weighted by molar-refractivity contribution is 0.0391. The van der Waals surface area contributed by atoms with Gasteiger partial charge in [0.05, 0.1) is 36.7 Å². The van der Waals surface area contributed by atoms with Gasteiger partial charge in [-0.05, 0) is 42.8 Å². The number of rotatable bonds is 6. The predicted molar refractivity (Wildman–Crippen MR) is 128 cm³/mol. The van der Waals surface area contributed by atoms with Crippen molar-refractivity contribution < 1.29 is 14.3 Å². The van der Waals surface area contributed by atoms with Crippen LogP contribution in [0.2, 0.25) is 0 Å². The number of nitriles is 1. The number of thiazole rings is 1. The highest BCUT2D eigenvalue weighted by molar-refractivity contribution is 7.22. The molecule has 0 aliphatic carbocycles. The molecule has 0 bridgehead atoms. The van der Waals surface area contributed by atoms with Crippen LogP contribution in [0, 0.1) is 18.3 Å². The van der Waals surface area contributed by atoms with Crippen molar-refractivity contribution in [1.29, 1.82) is 5.26 Å². The first-order chi connectivity index (χ1) is 15.1. The highest BCUT2D eigenvalue weighted by atomic mass is 35.5. The number of aryl methyl sites for hydroxylation is 1. The number of hydrogen-bond acceptors (Lipinski definition) is 7. The van der Waals surface area contributed by atoms with Gasteiger partial charge in [-0.1, -0.05) is 17.4 Å². The summed E-state index contributed by atoms with van der Waals surface area (Å²) in [7, 11) is 1.63. The molecule has 2 aromatic carbocycles. The number of benzene rings is 2. The topological polar surface area (TPSA) is 78.7 Å². The fourth-order valence-electron chi connectivity index (χ4n) is 3.57. The Hall–Kier alpha value is -2.70. The molecule has 7 nitrogen and oxygen atoms in total. The molecule has 4 rings (SSSR count). The molecule has 0 atom stereocenters. The smallest absolute Gasteiger partial charge is 0.260 e. The third-order valence-corrected chi connectivity index (χ3v) is 6.61. The number of carbonyl (C=O) groups is 1. The highest BCUT2D eigenvalue weighted by Gasteiger charge is 2.24. The molecule has 1 aliphatic heterocycles. The lowest BCUT2D eigenvalue weighted by Crippen LogP contribution is -2.43. The summed E-state index contributed by atoms with van der Waals surface area (Å²) in [5.41, 5.74) is 2.92. The molecule has 1 fully saturated rings. The van der Waals surface area contributed by atoms with E-state index >= 15 is 0 Å². The first-order valence-electron chi connectivity index (χ1n) is 10.2. The van der Waals surface area contributed by atoms with E-state index in [2.05, 4.69) is 11.0 Å². The normalized spacial score (nSPS) is 13.9. The second-order valence-corrected chi connectivity index (χ2v) is 8.34. The fourth-order valence-corrected chi connectivity index (χ4v) is 4.65. The van der Waals surface area contributed by atoms with Crippen LogP contribution < -0.4 is 9.64 Å². The zero-order valence-corrected chi connectivity index (χ0v) is 19.7. The summed E-state index contributed by atoms with van der Waals surface area (Å²) in [6.45, 7) is 6.40. The summed E-state index contributed by atoms with van der Waals surface area (Å²) in [5, 5.41) is 9.70. The number of aromatic nitrogens is 1. The van der Waals surface area contributed by atoms with Crippen LogP contribution in [-0.4, -0.2) is 62.3 Å². The molecule has 168 valence electrons. The van der Waals surface area contributed by atoms with Gasteiger partial charge in [-0.15, -0.1) is 12.4 Å². The summed E-state index contributed by atoms with van der Waals surface area (Å²) >= 11 is 1.50. The molecule has 1 saturated heterocycles. The summed E-state index contributed by atoms with van der Waals surface area (Å²) in [5.74, 6) is 0.565. The van der Waals surface area contributed by atoms with Crippen LogP contribution in [0.4, 0.5) is 5.13 Å². The van der Waals surface area contributed by atoms with E-state index in [-0.39, 0.29) is 18.3 Å². The Labute approximate surface area is 197 Å². The zero-order chi connectivity index (χ0) is 21.8. The maximum Gasteiger partial charge on any atom is 0.260 e. The molecular formula is C23H25ClN4O3S. The molecule has 0 saturated carbocycles. The maximum atomic E-state index is 13.5. The van der Waals surface area contributed by atoms with Crippen LogP contribution in [0.25, 0.3) is 10.2 Å². The van der Waals surface area contributed by atoms with Gasteiger partial charge in [0.1, 0.15) is 11.3 Å². The number of morpholine rings is 1. The molecule has 32 heavy (non-hydrogen) atoms. The Kier molecular flexibility index (Phi) is 8.04. The molecule has 1 aromatic heterocycles. The van der Waals surface area contributed by atoms with E-state index in [9.17, 15) is 4.79 Å². The number of anilines is 1.